The van der Waals surface area contributed by atoms with Crippen molar-refractivity contribution in [3.63, 3.8) is 0 Å². The molecule has 0 radical (unpaired) electrons. The van der Waals surface area contributed by atoms with Crippen molar-refractivity contribution < 1.29 is 9.34 Å². The zero-order valence-electron chi connectivity index (χ0n) is 11.1. The largest absolute Gasteiger partial charge is 0.468 e. The van der Waals surface area contributed by atoms with Gasteiger partial charge in [-0.3, -0.25) is 10.1 Å². The monoisotopic (exact) mass is 303 g/mol. The van der Waals surface area contributed by atoms with E-state index in [1.54, 1.807) is 30.2 Å². The molecule has 0 aliphatic carbocycles. The van der Waals surface area contributed by atoms with Crippen molar-refractivity contribution in [2.24, 2.45) is 0 Å². The lowest BCUT2D eigenvalue weighted by Crippen LogP contribution is -2.06. The van der Waals surface area contributed by atoms with E-state index in [-0.39, 0.29) is 11.3 Å². The van der Waals surface area contributed by atoms with Crippen LogP contribution in [0.25, 0.3) is 0 Å². The summed E-state index contributed by atoms with van der Waals surface area (Å²) in [5.74, 6) is 2.46. The predicted molar refractivity (Wildman–Crippen MR) is 81.2 cm³/mol. The van der Waals surface area contributed by atoms with Crippen molar-refractivity contribution in [3.8, 4) is 6.07 Å². The van der Waals surface area contributed by atoms with Gasteiger partial charge in [0.05, 0.1) is 28.6 Å². The number of nitro groups is 1. The zero-order chi connectivity index (χ0) is 15.1. The second-order valence-electron chi connectivity index (χ2n) is 4.16. The summed E-state index contributed by atoms with van der Waals surface area (Å²) >= 11 is 1.67. The van der Waals surface area contributed by atoms with Crippen molar-refractivity contribution in [2.75, 3.05) is 17.6 Å². The second-order valence-corrected chi connectivity index (χ2v) is 5.26. The Morgan fingerprint density at radius 3 is 2.95 bits per heavy atom. The maximum atomic E-state index is 11.0. The summed E-state index contributed by atoms with van der Waals surface area (Å²) in [6, 6.07) is 10.0. The second kappa shape index (κ2) is 7.36. The molecule has 108 valence electrons. The fraction of sp³-hybridized carbons (Fsp3) is 0.214. The van der Waals surface area contributed by atoms with E-state index < -0.39 is 4.92 Å². The Balaban J connectivity index is 1.85. The molecule has 0 unspecified atom stereocenters. The quantitative estimate of drug-likeness (QED) is 0.479. The fourth-order valence-corrected chi connectivity index (χ4v) is 2.48. The molecule has 0 bridgehead atoms. The molecule has 21 heavy (non-hydrogen) atoms. The summed E-state index contributed by atoms with van der Waals surface area (Å²) in [6.45, 7) is 0.595. The summed E-state index contributed by atoms with van der Waals surface area (Å²) in [5.41, 5.74) is 0.627. The number of hydrogen-bond acceptors (Lipinski definition) is 6. The van der Waals surface area contributed by atoms with E-state index >= 15 is 0 Å². The first-order valence-corrected chi connectivity index (χ1v) is 7.38. The van der Waals surface area contributed by atoms with Gasteiger partial charge in [-0.25, -0.2) is 0 Å². The van der Waals surface area contributed by atoms with Gasteiger partial charge in [0.25, 0.3) is 5.69 Å². The molecule has 0 aliphatic rings. The smallest absolute Gasteiger partial charge is 0.293 e. The summed E-state index contributed by atoms with van der Waals surface area (Å²) in [6.07, 6.45) is 1.63. The van der Waals surface area contributed by atoms with Crippen molar-refractivity contribution in [2.45, 2.75) is 5.75 Å². The van der Waals surface area contributed by atoms with Crippen LogP contribution in [0.4, 0.5) is 11.4 Å². The lowest BCUT2D eigenvalue weighted by Gasteiger charge is -2.06. The first kappa shape index (κ1) is 14.9. The van der Waals surface area contributed by atoms with Crippen LogP contribution < -0.4 is 5.32 Å². The molecule has 0 saturated carbocycles. The highest BCUT2D eigenvalue weighted by Crippen LogP contribution is 2.25. The van der Waals surface area contributed by atoms with Gasteiger partial charge in [0.15, 0.2) is 0 Å². The number of thioether (sulfide) groups is 1. The average Bonchev–Trinajstić information content (AvgIpc) is 3.00. The van der Waals surface area contributed by atoms with E-state index in [0.29, 0.717) is 12.2 Å². The molecule has 0 spiro atoms. The van der Waals surface area contributed by atoms with Crippen LogP contribution in [0.3, 0.4) is 0 Å². The zero-order valence-corrected chi connectivity index (χ0v) is 11.9. The molecule has 2 rings (SSSR count). The molecule has 0 fully saturated rings. The minimum Gasteiger partial charge on any atom is -0.468 e. The fourth-order valence-electron chi connectivity index (χ4n) is 1.73. The van der Waals surface area contributed by atoms with Crippen LogP contribution in [-0.2, 0) is 5.75 Å². The molecular weight excluding hydrogens is 290 g/mol. The van der Waals surface area contributed by atoms with E-state index in [2.05, 4.69) is 5.32 Å². The van der Waals surface area contributed by atoms with E-state index in [4.69, 9.17) is 9.68 Å². The molecule has 1 aromatic heterocycles. The Bertz CT molecular complexity index is 650. The van der Waals surface area contributed by atoms with Gasteiger partial charge in [0, 0.05) is 18.4 Å². The van der Waals surface area contributed by atoms with Gasteiger partial charge in [0.1, 0.15) is 11.4 Å². The normalized spacial score (nSPS) is 10.0. The molecule has 0 atom stereocenters. The number of nitrogens with one attached hydrogen (secondary N) is 1. The van der Waals surface area contributed by atoms with Crippen LogP contribution in [-0.4, -0.2) is 17.2 Å². The van der Waals surface area contributed by atoms with Gasteiger partial charge in [-0.1, -0.05) is 0 Å². The molecule has 0 aliphatic heterocycles. The minimum absolute atomic E-state index is 0.0786. The lowest BCUT2D eigenvalue weighted by molar-refractivity contribution is -0.384. The third-order valence-electron chi connectivity index (χ3n) is 2.71. The molecule has 0 amide bonds. The standard InChI is InChI=1S/C14H13N3O3S/c15-9-11-3-4-13(14(8-11)17(18)19)16-5-7-21-10-12-2-1-6-20-12/h1-4,6,8,16H,5,7,10H2. The highest BCUT2D eigenvalue weighted by molar-refractivity contribution is 7.98. The number of benzene rings is 1. The van der Waals surface area contributed by atoms with Crippen LogP contribution in [0.1, 0.15) is 11.3 Å². The van der Waals surface area contributed by atoms with Crippen molar-refractivity contribution in [3.05, 3.63) is 58.0 Å². The number of hydrogen-bond donors (Lipinski definition) is 1. The lowest BCUT2D eigenvalue weighted by atomic mass is 10.2. The van der Waals surface area contributed by atoms with E-state index in [1.165, 1.54) is 6.07 Å². The Hall–Kier alpha value is -2.46. The van der Waals surface area contributed by atoms with Gasteiger partial charge < -0.3 is 9.73 Å². The Morgan fingerprint density at radius 2 is 2.29 bits per heavy atom. The summed E-state index contributed by atoms with van der Waals surface area (Å²) in [5, 5.41) is 22.8. The third kappa shape index (κ3) is 4.26. The number of nitriles is 1. The van der Waals surface area contributed by atoms with Crippen molar-refractivity contribution >= 4 is 23.1 Å². The van der Waals surface area contributed by atoms with E-state index in [0.717, 1.165) is 17.3 Å². The SMILES string of the molecule is N#Cc1ccc(NCCSCc2ccco2)c([N+](=O)[O-])c1. The number of rotatable bonds is 7. The molecule has 0 saturated heterocycles. The maximum Gasteiger partial charge on any atom is 0.293 e. The molecule has 7 heteroatoms. The predicted octanol–water partition coefficient (Wildman–Crippen LogP) is 3.40. The molecule has 1 N–H and O–H groups in total. The molecule has 1 aromatic carbocycles. The first-order chi connectivity index (χ1) is 10.2. The molecule has 1 heterocycles. The summed E-state index contributed by atoms with van der Waals surface area (Å²) in [4.78, 5) is 10.5. The van der Waals surface area contributed by atoms with Crippen molar-refractivity contribution in [1.29, 1.82) is 5.26 Å². The van der Waals surface area contributed by atoms with Crippen LogP contribution in [0.15, 0.2) is 41.0 Å². The van der Waals surface area contributed by atoms with Crippen LogP contribution >= 0.6 is 11.8 Å². The number of nitrogens with zero attached hydrogens (tertiary/aromatic N) is 2. The third-order valence-corrected chi connectivity index (χ3v) is 3.69. The molecular formula is C14H13N3O3S. The number of anilines is 1. The van der Waals surface area contributed by atoms with E-state index in [1.807, 2.05) is 18.2 Å². The minimum atomic E-state index is -0.487. The average molecular weight is 303 g/mol. The van der Waals surface area contributed by atoms with Crippen molar-refractivity contribution in [1.82, 2.24) is 0 Å². The topological polar surface area (TPSA) is 92.1 Å². The first-order valence-electron chi connectivity index (χ1n) is 6.23. The van der Waals surface area contributed by atoms with Gasteiger partial charge >= 0.3 is 0 Å². The number of nitro benzene ring substituents is 1. The van der Waals surface area contributed by atoms with Gasteiger partial charge in [-0.15, -0.1) is 0 Å². The Morgan fingerprint density at radius 1 is 1.43 bits per heavy atom. The molecule has 6 nitrogen and oxygen atoms in total. The van der Waals surface area contributed by atoms with Crippen LogP contribution in [0, 0.1) is 21.4 Å². The highest BCUT2D eigenvalue weighted by atomic mass is 32.2. The Kier molecular flexibility index (Phi) is 5.23. The number of furan rings is 1. The summed E-state index contributed by atoms with van der Waals surface area (Å²) in [7, 11) is 0. The summed E-state index contributed by atoms with van der Waals surface area (Å²) < 4.78 is 5.21. The van der Waals surface area contributed by atoms with Gasteiger partial charge in [0.2, 0.25) is 0 Å². The van der Waals surface area contributed by atoms with E-state index in [9.17, 15) is 10.1 Å². The maximum absolute atomic E-state index is 11.0. The highest BCUT2D eigenvalue weighted by Gasteiger charge is 2.14. The van der Waals surface area contributed by atoms with Gasteiger partial charge in [-0.2, -0.15) is 17.0 Å². The molecule has 2 aromatic rings. The van der Waals surface area contributed by atoms with Gasteiger partial charge in [-0.05, 0) is 24.3 Å². The van der Waals surface area contributed by atoms with Crippen LogP contribution in [0.2, 0.25) is 0 Å². The Labute approximate surface area is 125 Å². The van der Waals surface area contributed by atoms with Crippen LogP contribution in [0.5, 0.6) is 0 Å².